The zero-order chi connectivity index (χ0) is 11.9. The summed E-state index contributed by atoms with van der Waals surface area (Å²) in [6.07, 6.45) is 2.21. The minimum absolute atomic E-state index is 0.144. The summed E-state index contributed by atoms with van der Waals surface area (Å²) in [5.74, 6) is -0.660. The maximum atomic E-state index is 11.3. The Bertz CT molecular complexity index is 450. The monoisotopic (exact) mass is 284 g/mol. The molecule has 1 aromatic rings. The first-order valence-corrected chi connectivity index (χ1v) is 6.00. The van der Waals surface area contributed by atoms with Gasteiger partial charge < -0.3 is 10.2 Å². The van der Waals surface area contributed by atoms with Gasteiger partial charge >= 0.3 is 5.97 Å². The average Bonchev–Trinajstić information content (AvgIpc) is 2.16. The lowest BCUT2D eigenvalue weighted by Gasteiger charge is -2.38. The molecule has 16 heavy (non-hydrogen) atoms. The molecule has 0 heterocycles. The van der Waals surface area contributed by atoms with E-state index in [1.165, 1.54) is 0 Å². The molecule has 0 spiro atoms. The number of hydrogen-bond donors (Lipinski definition) is 2. The first kappa shape index (κ1) is 11.5. The molecule has 1 saturated carbocycles. The van der Waals surface area contributed by atoms with Gasteiger partial charge in [0.25, 0.3) is 0 Å². The molecule has 1 aromatic carbocycles. The molecule has 1 fully saturated rings. The topological polar surface area (TPSA) is 57.5 Å². The van der Waals surface area contributed by atoms with E-state index in [9.17, 15) is 15.0 Å². The van der Waals surface area contributed by atoms with E-state index in [-0.39, 0.29) is 5.75 Å². The van der Waals surface area contributed by atoms with Gasteiger partial charge in [0.2, 0.25) is 0 Å². The van der Waals surface area contributed by atoms with E-state index in [2.05, 4.69) is 15.9 Å². The second-order valence-electron chi connectivity index (χ2n) is 4.33. The highest BCUT2D eigenvalue weighted by Crippen LogP contribution is 2.48. The lowest BCUT2D eigenvalue weighted by molar-refractivity contribution is -0.147. The number of carboxylic acid groups (broad SMARTS) is 1. The molecule has 4 heteroatoms. The van der Waals surface area contributed by atoms with Crippen LogP contribution in [0.3, 0.4) is 0 Å². The molecule has 0 amide bonds. The molecule has 2 N–H and O–H groups in total. The van der Waals surface area contributed by atoms with Crippen LogP contribution in [0.25, 0.3) is 0 Å². The number of phenols is 1. The number of hydrogen-bond acceptors (Lipinski definition) is 2. The molecule has 2 rings (SSSR count). The van der Waals surface area contributed by atoms with Gasteiger partial charge in [-0.1, -0.05) is 18.6 Å². The van der Waals surface area contributed by atoms with Crippen molar-refractivity contribution in [3.63, 3.8) is 0 Å². The highest BCUT2D eigenvalue weighted by atomic mass is 79.9. The Hall–Kier alpha value is -1.03. The van der Waals surface area contributed by atoms with Gasteiger partial charge in [-0.25, -0.2) is 0 Å². The Labute approximate surface area is 102 Å². The van der Waals surface area contributed by atoms with Crippen molar-refractivity contribution < 1.29 is 15.0 Å². The summed E-state index contributed by atoms with van der Waals surface area (Å²) in [6.45, 7) is 1.79. The number of rotatable bonds is 2. The van der Waals surface area contributed by atoms with Gasteiger partial charge in [-0.3, -0.25) is 4.79 Å². The molecule has 0 aromatic heterocycles. The molecule has 0 radical (unpaired) electrons. The number of aromatic hydroxyl groups is 1. The minimum atomic E-state index is -0.803. The van der Waals surface area contributed by atoms with Crippen LogP contribution in [-0.2, 0) is 10.2 Å². The average molecular weight is 285 g/mol. The predicted octanol–water partition coefficient (Wildman–Crippen LogP) is 2.97. The molecule has 0 aliphatic heterocycles. The number of benzene rings is 1. The van der Waals surface area contributed by atoms with Crippen LogP contribution < -0.4 is 0 Å². The van der Waals surface area contributed by atoms with Crippen molar-refractivity contribution in [2.75, 3.05) is 0 Å². The van der Waals surface area contributed by atoms with Crippen molar-refractivity contribution in [2.45, 2.75) is 31.6 Å². The third-order valence-corrected chi connectivity index (χ3v) is 4.25. The van der Waals surface area contributed by atoms with E-state index < -0.39 is 11.4 Å². The van der Waals surface area contributed by atoms with Crippen LogP contribution in [0.2, 0.25) is 0 Å². The number of phenolic OH excluding ortho intramolecular Hbond substituents is 1. The van der Waals surface area contributed by atoms with Gasteiger partial charge in [0.15, 0.2) is 0 Å². The quantitative estimate of drug-likeness (QED) is 0.878. The smallest absolute Gasteiger partial charge is 0.314 e. The largest absolute Gasteiger partial charge is 0.506 e. The van der Waals surface area contributed by atoms with E-state index >= 15 is 0 Å². The summed E-state index contributed by atoms with van der Waals surface area (Å²) in [5.41, 5.74) is 0.633. The summed E-state index contributed by atoms with van der Waals surface area (Å²) < 4.78 is 0.523. The van der Waals surface area contributed by atoms with E-state index in [1.807, 2.05) is 0 Å². The van der Waals surface area contributed by atoms with Crippen molar-refractivity contribution in [2.24, 2.45) is 0 Å². The summed E-state index contributed by atoms with van der Waals surface area (Å²) in [6, 6.07) is 3.56. The molecule has 0 bridgehead atoms. The first-order valence-electron chi connectivity index (χ1n) is 5.21. The van der Waals surface area contributed by atoms with Crippen molar-refractivity contribution in [3.8, 4) is 5.75 Å². The lowest BCUT2D eigenvalue weighted by atomic mass is 9.64. The van der Waals surface area contributed by atoms with E-state index in [1.54, 1.807) is 19.1 Å². The van der Waals surface area contributed by atoms with Crippen molar-refractivity contribution >= 4 is 21.9 Å². The molecule has 0 saturated heterocycles. The second-order valence-corrected chi connectivity index (χ2v) is 5.13. The fourth-order valence-electron chi connectivity index (χ4n) is 2.16. The number of carbonyl (C=O) groups is 1. The maximum Gasteiger partial charge on any atom is 0.314 e. The lowest BCUT2D eigenvalue weighted by Crippen LogP contribution is -2.42. The van der Waals surface area contributed by atoms with Crippen molar-refractivity contribution in [3.05, 3.63) is 27.7 Å². The number of aliphatic carboxylic acids is 1. The SMILES string of the molecule is Cc1ccc(C2(C(=O)O)CCC2)c(Br)c1O. The molecule has 0 atom stereocenters. The second kappa shape index (κ2) is 3.77. The summed E-state index contributed by atoms with van der Waals surface area (Å²) >= 11 is 3.30. The van der Waals surface area contributed by atoms with Gasteiger partial charge in [0, 0.05) is 0 Å². The van der Waals surface area contributed by atoms with Crippen LogP contribution in [0.4, 0.5) is 0 Å². The Kier molecular flexibility index (Phi) is 2.70. The molecular weight excluding hydrogens is 272 g/mol. The maximum absolute atomic E-state index is 11.3. The molecule has 1 aliphatic rings. The zero-order valence-electron chi connectivity index (χ0n) is 8.96. The van der Waals surface area contributed by atoms with Gasteiger partial charge in [0.05, 0.1) is 9.89 Å². The van der Waals surface area contributed by atoms with Gasteiger partial charge in [-0.15, -0.1) is 0 Å². The Morgan fingerprint density at radius 3 is 2.50 bits per heavy atom. The molecular formula is C12H13BrO3. The fourth-order valence-corrected chi connectivity index (χ4v) is 2.98. The Morgan fingerprint density at radius 1 is 1.44 bits per heavy atom. The van der Waals surface area contributed by atoms with E-state index in [4.69, 9.17) is 0 Å². The zero-order valence-corrected chi connectivity index (χ0v) is 10.5. The van der Waals surface area contributed by atoms with Gasteiger partial charge in [-0.2, -0.15) is 0 Å². The van der Waals surface area contributed by atoms with Crippen LogP contribution in [0.5, 0.6) is 5.75 Å². The van der Waals surface area contributed by atoms with Gasteiger partial charge in [0.1, 0.15) is 5.75 Å². The Balaban J connectivity index is 2.56. The number of carboxylic acids is 1. The fraction of sp³-hybridized carbons (Fsp3) is 0.417. The van der Waals surface area contributed by atoms with Crippen LogP contribution >= 0.6 is 15.9 Å². The number of aryl methyl sites for hydroxylation is 1. The van der Waals surface area contributed by atoms with E-state index in [0.29, 0.717) is 22.9 Å². The minimum Gasteiger partial charge on any atom is -0.506 e. The third-order valence-electron chi connectivity index (χ3n) is 3.45. The molecule has 0 unspecified atom stereocenters. The molecule has 3 nitrogen and oxygen atoms in total. The van der Waals surface area contributed by atoms with Crippen LogP contribution in [0.15, 0.2) is 16.6 Å². The molecule has 1 aliphatic carbocycles. The summed E-state index contributed by atoms with van der Waals surface area (Å²) in [7, 11) is 0. The van der Waals surface area contributed by atoms with Crippen molar-refractivity contribution in [1.82, 2.24) is 0 Å². The van der Waals surface area contributed by atoms with Crippen LogP contribution in [0.1, 0.15) is 30.4 Å². The normalized spacial score (nSPS) is 17.9. The first-order chi connectivity index (χ1) is 7.49. The van der Waals surface area contributed by atoms with Crippen LogP contribution in [0, 0.1) is 6.92 Å². The highest BCUT2D eigenvalue weighted by molar-refractivity contribution is 9.10. The number of halogens is 1. The Morgan fingerprint density at radius 2 is 2.06 bits per heavy atom. The molecule has 86 valence electrons. The standard InChI is InChI=1S/C12H13BrO3/c1-7-3-4-8(9(13)10(7)14)12(11(15)16)5-2-6-12/h3-4,14H,2,5-6H2,1H3,(H,15,16). The highest BCUT2D eigenvalue weighted by Gasteiger charge is 2.47. The third kappa shape index (κ3) is 1.44. The van der Waals surface area contributed by atoms with Crippen molar-refractivity contribution in [1.29, 1.82) is 0 Å². The predicted molar refractivity (Wildman–Crippen MR) is 63.7 cm³/mol. The van der Waals surface area contributed by atoms with Crippen LogP contribution in [-0.4, -0.2) is 16.2 Å². The van der Waals surface area contributed by atoms with E-state index in [0.717, 1.165) is 12.0 Å². The van der Waals surface area contributed by atoms with Gasteiger partial charge in [-0.05, 0) is 46.8 Å². The summed E-state index contributed by atoms with van der Waals surface area (Å²) in [5, 5.41) is 19.1. The summed E-state index contributed by atoms with van der Waals surface area (Å²) in [4.78, 5) is 11.3.